The Labute approximate surface area is 464 Å². The molecule has 0 aromatic carbocycles. The van der Waals surface area contributed by atoms with Gasteiger partial charge in [-0.15, -0.1) is 0 Å². The Hall–Kier alpha value is -1.84. The van der Waals surface area contributed by atoms with E-state index in [1.54, 1.807) is 0 Å². The van der Waals surface area contributed by atoms with Crippen molar-refractivity contribution in [3.05, 3.63) is 60.8 Å². The molecule has 0 aliphatic heterocycles. The number of phosphoric ester groups is 1. The average Bonchev–Trinajstić information content (AvgIpc) is 3.37. The van der Waals surface area contributed by atoms with Gasteiger partial charge in [-0.25, -0.2) is 0 Å². The van der Waals surface area contributed by atoms with Gasteiger partial charge in [0.15, 0.2) is 0 Å². The van der Waals surface area contributed by atoms with Crippen LogP contribution in [-0.4, -0.2) is 79.8 Å². The van der Waals surface area contributed by atoms with Gasteiger partial charge in [0.25, 0.3) is 7.82 Å². The Morgan fingerprint density at radius 1 is 0.493 bits per heavy atom. The molecule has 0 bridgehead atoms. The lowest BCUT2D eigenvalue weighted by atomic mass is 9.99. The third kappa shape index (κ3) is 56.7. The number of nitrogens with one attached hydrogen (secondary N) is 1. The number of hydrogen-bond acceptors (Lipinski definition) is 7. The van der Waals surface area contributed by atoms with Gasteiger partial charge in [-0.05, 0) is 57.8 Å². The summed E-state index contributed by atoms with van der Waals surface area (Å²) >= 11 is 0. The fourth-order valence-electron chi connectivity index (χ4n) is 9.40. The molecule has 75 heavy (non-hydrogen) atoms. The lowest BCUT2D eigenvalue weighted by Crippen LogP contribution is -2.51. The Kier molecular flexibility index (Phi) is 54.1. The van der Waals surface area contributed by atoms with E-state index in [1.165, 1.54) is 193 Å². The largest absolute Gasteiger partial charge is 0.756 e. The monoisotopic (exact) mass is 1070 g/mol. The molecule has 3 N–H and O–H groups in total. The number of aliphatic hydroxyl groups is 2. The van der Waals surface area contributed by atoms with Crippen LogP contribution in [0.3, 0.4) is 0 Å². The molecule has 0 aromatic rings. The van der Waals surface area contributed by atoms with Gasteiger partial charge in [0, 0.05) is 6.42 Å². The maximum Gasteiger partial charge on any atom is 0.268 e. The summed E-state index contributed by atoms with van der Waals surface area (Å²) in [5, 5.41) is 24.8. The minimum Gasteiger partial charge on any atom is -0.756 e. The van der Waals surface area contributed by atoms with Gasteiger partial charge in [0.2, 0.25) is 5.91 Å². The minimum absolute atomic E-state index is 0.0396. The lowest BCUT2D eigenvalue weighted by Gasteiger charge is -2.31. The molecule has 0 fully saturated rings. The van der Waals surface area contributed by atoms with Gasteiger partial charge >= 0.3 is 0 Å². The molecule has 10 heteroatoms. The topological polar surface area (TPSA) is 128 Å². The third-order valence-electron chi connectivity index (χ3n) is 14.4. The molecule has 0 spiro atoms. The molecule has 0 rings (SSSR count). The van der Waals surface area contributed by atoms with E-state index in [9.17, 15) is 24.5 Å². The fourth-order valence-corrected chi connectivity index (χ4v) is 10.1. The van der Waals surface area contributed by atoms with Crippen molar-refractivity contribution in [2.45, 2.75) is 308 Å². The van der Waals surface area contributed by atoms with E-state index in [-0.39, 0.29) is 18.9 Å². The molecule has 0 radical (unpaired) electrons. The highest BCUT2D eigenvalue weighted by molar-refractivity contribution is 7.45. The summed E-state index contributed by atoms with van der Waals surface area (Å²) in [6.07, 6.45) is 71.7. The van der Waals surface area contributed by atoms with Crippen LogP contribution in [0.25, 0.3) is 0 Å². The van der Waals surface area contributed by atoms with Crippen LogP contribution in [0.15, 0.2) is 60.8 Å². The van der Waals surface area contributed by atoms with Crippen LogP contribution in [0.4, 0.5) is 0 Å². The highest BCUT2D eigenvalue weighted by atomic mass is 31.2. The van der Waals surface area contributed by atoms with Crippen LogP contribution in [-0.2, 0) is 18.4 Å². The van der Waals surface area contributed by atoms with E-state index in [4.69, 9.17) is 9.05 Å². The first-order valence-electron chi connectivity index (χ1n) is 31.7. The lowest BCUT2D eigenvalue weighted by molar-refractivity contribution is -0.870. The molecule has 0 aromatic heterocycles. The normalized spacial score (nSPS) is 14.6. The van der Waals surface area contributed by atoms with E-state index >= 15 is 0 Å². The van der Waals surface area contributed by atoms with Crippen molar-refractivity contribution in [2.75, 3.05) is 40.9 Å². The summed E-state index contributed by atoms with van der Waals surface area (Å²) in [4.78, 5) is 25.6. The fraction of sp³-hybridized carbons (Fsp3) is 0.831. The number of unbranched alkanes of at least 4 members (excludes halogenated alkanes) is 34. The van der Waals surface area contributed by atoms with Gasteiger partial charge < -0.3 is 34.0 Å². The number of nitrogens with zero attached hydrogens (tertiary/aromatic N) is 1. The number of likely N-dealkylation sites (N-methyl/N-ethyl adjacent to an activating group) is 1. The highest BCUT2D eigenvalue weighted by Gasteiger charge is 2.29. The predicted molar refractivity (Wildman–Crippen MR) is 322 cm³/mol. The van der Waals surface area contributed by atoms with Crippen LogP contribution in [0.5, 0.6) is 0 Å². The van der Waals surface area contributed by atoms with Gasteiger partial charge in [0.1, 0.15) is 19.3 Å². The molecule has 9 nitrogen and oxygen atoms in total. The average molecular weight is 1080 g/mol. The van der Waals surface area contributed by atoms with Crippen molar-refractivity contribution in [1.82, 2.24) is 5.32 Å². The number of phosphoric acid groups is 1. The Bertz CT molecular complexity index is 1420. The van der Waals surface area contributed by atoms with Gasteiger partial charge in [-0.2, -0.15) is 0 Å². The van der Waals surface area contributed by atoms with Gasteiger partial charge in [-0.1, -0.05) is 286 Å². The second-order valence-corrected chi connectivity index (χ2v) is 24.3. The molecule has 0 aliphatic rings. The van der Waals surface area contributed by atoms with E-state index in [0.717, 1.165) is 70.6 Å². The maximum absolute atomic E-state index is 13.0. The van der Waals surface area contributed by atoms with Gasteiger partial charge in [0.05, 0.1) is 39.9 Å². The van der Waals surface area contributed by atoms with Crippen molar-refractivity contribution in [3.8, 4) is 0 Å². The maximum atomic E-state index is 13.0. The zero-order chi connectivity index (χ0) is 55.0. The number of aliphatic hydroxyl groups excluding tert-OH is 2. The molecule has 0 saturated heterocycles. The van der Waals surface area contributed by atoms with Crippen molar-refractivity contribution in [2.24, 2.45) is 0 Å². The molecule has 4 unspecified atom stereocenters. The summed E-state index contributed by atoms with van der Waals surface area (Å²) < 4.78 is 23.3. The number of hydrogen-bond donors (Lipinski definition) is 3. The van der Waals surface area contributed by atoms with Crippen molar-refractivity contribution in [3.63, 3.8) is 0 Å². The SMILES string of the molecule is CC/C=C\C/C=C\C/C=C\C/C=C\C/C=C\CCCCCCCCCCCCCCCCCCCCCCCCCC(=O)NC(COP(=O)([O-])OCC[N+](C)(C)C)C(O)C(O)CCCCCCCCCCCCCC. The second kappa shape index (κ2) is 55.5. The van der Waals surface area contributed by atoms with Crippen LogP contribution >= 0.6 is 7.82 Å². The first-order valence-corrected chi connectivity index (χ1v) is 33.2. The zero-order valence-electron chi connectivity index (χ0n) is 49.9. The quantitative estimate of drug-likeness (QED) is 0.0239. The summed E-state index contributed by atoms with van der Waals surface area (Å²) in [5.41, 5.74) is 0. The molecule has 0 heterocycles. The van der Waals surface area contributed by atoms with Crippen LogP contribution < -0.4 is 10.2 Å². The van der Waals surface area contributed by atoms with Crippen molar-refractivity contribution < 1.29 is 38.0 Å². The minimum atomic E-state index is -4.67. The number of quaternary nitrogens is 1. The van der Waals surface area contributed by atoms with Crippen LogP contribution in [0.1, 0.15) is 290 Å². The van der Waals surface area contributed by atoms with E-state index in [2.05, 4.69) is 79.9 Å². The summed E-state index contributed by atoms with van der Waals surface area (Å²) in [6, 6.07) is -1.07. The smallest absolute Gasteiger partial charge is 0.268 e. The second-order valence-electron chi connectivity index (χ2n) is 22.9. The number of carbonyl (C=O) groups is 1. The molecule has 0 aliphatic carbocycles. The Morgan fingerprint density at radius 3 is 1.23 bits per heavy atom. The molecule has 440 valence electrons. The van der Waals surface area contributed by atoms with E-state index < -0.39 is 32.7 Å². The summed E-state index contributed by atoms with van der Waals surface area (Å²) in [7, 11) is 1.13. The third-order valence-corrected chi connectivity index (χ3v) is 15.3. The standard InChI is InChI=1S/C65H123N2O7P/c1-6-8-10-12-14-16-18-20-21-22-23-24-25-26-27-28-29-30-31-32-33-34-35-36-37-38-39-40-41-42-43-44-45-46-48-50-52-54-56-58-64(69)66-62(61-74-75(71,72)73-60-59-67(3,4)5)65(70)63(68)57-55-53-51-49-47-19-17-15-13-11-9-7-2/h8,10,14,16,20-21,23-24,26-27,62-63,65,68,70H,6-7,9,11-13,15,17-19,22,25,28-61H2,1-5H3,(H-,66,69,71,72)/b10-8-,16-14-,21-20-,24-23-,27-26-. The summed E-state index contributed by atoms with van der Waals surface area (Å²) in [6.45, 7) is 4.34. The molecule has 1 amide bonds. The molecule has 4 atom stereocenters. The Balaban J connectivity index is 3.94. The predicted octanol–water partition coefficient (Wildman–Crippen LogP) is 18.0. The molecule has 0 saturated carbocycles. The number of amides is 1. The first kappa shape index (κ1) is 73.2. The first-order chi connectivity index (χ1) is 36.4. The van der Waals surface area contributed by atoms with Crippen molar-refractivity contribution >= 4 is 13.7 Å². The van der Waals surface area contributed by atoms with Crippen LogP contribution in [0, 0.1) is 0 Å². The zero-order valence-corrected chi connectivity index (χ0v) is 50.8. The molecular weight excluding hydrogens is 952 g/mol. The number of carbonyl (C=O) groups excluding carboxylic acids is 1. The highest BCUT2D eigenvalue weighted by Crippen LogP contribution is 2.38. The summed E-state index contributed by atoms with van der Waals surface area (Å²) in [5.74, 6) is -0.275. The van der Waals surface area contributed by atoms with Gasteiger partial charge in [-0.3, -0.25) is 9.36 Å². The van der Waals surface area contributed by atoms with Crippen molar-refractivity contribution in [1.29, 1.82) is 0 Å². The van der Waals surface area contributed by atoms with Crippen LogP contribution in [0.2, 0.25) is 0 Å². The Morgan fingerprint density at radius 2 is 0.840 bits per heavy atom. The molecular formula is C65H123N2O7P. The number of allylic oxidation sites excluding steroid dienone is 10. The van der Waals surface area contributed by atoms with E-state index in [1.807, 2.05) is 21.1 Å². The number of rotatable bonds is 58. The van der Waals surface area contributed by atoms with E-state index in [0.29, 0.717) is 17.4 Å².